The monoisotopic (exact) mass is 308 g/mol. The molecule has 1 amide bonds. The third kappa shape index (κ3) is 4.31. The summed E-state index contributed by atoms with van der Waals surface area (Å²) in [6.07, 6.45) is 2.45. The summed E-state index contributed by atoms with van der Waals surface area (Å²) >= 11 is 0. The van der Waals surface area contributed by atoms with Gasteiger partial charge >= 0.3 is 13.2 Å². The highest BCUT2D eigenvalue weighted by Gasteiger charge is 2.26. The van der Waals surface area contributed by atoms with Gasteiger partial charge in [-0.3, -0.25) is 0 Å². The Labute approximate surface area is 129 Å². The van der Waals surface area contributed by atoms with Crippen LogP contribution < -0.4 is 10.4 Å². The smallest absolute Gasteiger partial charge is 0.444 e. The lowest BCUT2D eigenvalue weighted by atomic mass is 9.83. The van der Waals surface area contributed by atoms with Crippen molar-refractivity contribution in [2.75, 3.05) is 31.1 Å². The van der Waals surface area contributed by atoms with E-state index in [1.165, 1.54) is 12.4 Å². The van der Waals surface area contributed by atoms with Gasteiger partial charge in [0.1, 0.15) is 5.60 Å². The molecule has 1 aromatic rings. The Hall–Kier alpha value is -1.87. The number of amides is 1. The molecule has 22 heavy (non-hydrogen) atoms. The fourth-order valence-corrected chi connectivity index (χ4v) is 2.04. The summed E-state index contributed by atoms with van der Waals surface area (Å²) in [4.78, 5) is 23.8. The summed E-state index contributed by atoms with van der Waals surface area (Å²) in [7, 11) is -1.57. The Morgan fingerprint density at radius 2 is 1.73 bits per heavy atom. The minimum absolute atomic E-state index is 0.246. The average molecular weight is 308 g/mol. The van der Waals surface area contributed by atoms with Gasteiger partial charge in [-0.15, -0.1) is 0 Å². The van der Waals surface area contributed by atoms with E-state index in [2.05, 4.69) is 9.97 Å². The highest BCUT2D eigenvalue weighted by atomic mass is 16.6. The zero-order chi connectivity index (χ0) is 16.3. The van der Waals surface area contributed by atoms with Crippen LogP contribution in [0.1, 0.15) is 20.8 Å². The number of nitrogens with zero attached hydrogens (tertiary/aromatic N) is 4. The van der Waals surface area contributed by atoms with E-state index >= 15 is 0 Å². The predicted molar refractivity (Wildman–Crippen MR) is 81.9 cm³/mol. The molecular formula is C13H21BN4O4. The van der Waals surface area contributed by atoms with Crippen molar-refractivity contribution in [1.29, 1.82) is 0 Å². The molecule has 0 unspecified atom stereocenters. The third-order valence-corrected chi connectivity index (χ3v) is 3.17. The van der Waals surface area contributed by atoms with Gasteiger partial charge in [-0.25, -0.2) is 14.8 Å². The van der Waals surface area contributed by atoms with Crippen LogP contribution in [-0.2, 0) is 4.74 Å². The number of anilines is 1. The molecule has 1 fully saturated rings. The summed E-state index contributed by atoms with van der Waals surface area (Å²) in [6, 6.07) is 0. The SMILES string of the molecule is CC(C)(C)OC(=O)N1CCN(c2ncc(B(O)O)cn2)CC1. The lowest BCUT2D eigenvalue weighted by Crippen LogP contribution is -2.50. The number of carbonyl (C=O) groups excluding carboxylic acids is 1. The average Bonchev–Trinajstić information content (AvgIpc) is 2.46. The summed E-state index contributed by atoms with van der Waals surface area (Å²) in [5, 5.41) is 18.0. The van der Waals surface area contributed by atoms with Crippen LogP contribution in [0.4, 0.5) is 10.7 Å². The number of piperazine rings is 1. The van der Waals surface area contributed by atoms with Crippen molar-refractivity contribution in [1.82, 2.24) is 14.9 Å². The molecule has 2 heterocycles. The second-order valence-electron chi connectivity index (χ2n) is 6.14. The molecule has 120 valence electrons. The minimum Gasteiger partial charge on any atom is -0.444 e. The molecule has 0 radical (unpaired) electrons. The van der Waals surface area contributed by atoms with Gasteiger partial charge in [0.05, 0.1) is 0 Å². The molecule has 0 aliphatic carbocycles. The maximum atomic E-state index is 12.0. The summed E-state index contributed by atoms with van der Waals surface area (Å²) in [6.45, 7) is 7.77. The van der Waals surface area contributed by atoms with Crippen molar-refractivity contribution in [2.45, 2.75) is 26.4 Å². The Bertz CT molecular complexity index is 510. The van der Waals surface area contributed by atoms with Crippen LogP contribution in [0.25, 0.3) is 0 Å². The van der Waals surface area contributed by atoms with Crippen LogP contribution in [-0.4, -0.2) is 69.9 Å². The van der Waals surface area contributed by atoms with Crippen LogP contribution in [0.3, 0.4) is 0 Å². The standard InChI is InChI=1S/C13H21BN4O4/c1-13(2,3)22-12(19)18-6-4-17(5-7-18)11-15-8-10(9-16-11)14(20)21/h8-9,20-21H,4-7H2,1-3H3. The highest BCUT2D eigenvalue weighted by Crippen LogP contribution is 2.13. The molecule has 2 N–H and O–H groups in total. The van der Waals surface area contributed by atoms with Crippen LogP contribution in [0, 0.1) is 0 Å². The minimum atomic E-state index is -1.57. The van der Waals surface area contributed by atoms with Crippen molar-refractivity contribution in [3.8, 4) is 0 Å². The first kappa shape index (κ1) is 16.5. The van der Waals surface area contributed by atoms with Gasteiger partial charge in [0.25, 0.3) is 0 Å². The quantitative estimate of drug-likeness (QED) is 0.691. The lowest BCUT2D eigenvalue weighted by molar-refractivity contribution is 0.0240. The molecule has 9 heteroatoms. The van der Waals surface area contributed by atoms with Gasteiger partial charge in [0, 0.05) is 44.0 Å². The normalized spacial score (nSPS) is 15.7. The number of ether oxygens (including phenoxy) is 1. The van der Waals surface area contributed by atoms with E-state index in [1.54, 1.807) is 4.90 Å². The molecule has 1 saturated heterocycles. The number of rotatable bonds is 2. The van der Waals surface area contributed by atoms with Crippen LogP contribution in [0.15, 0.2) is 12.4 Å². The number of carbonyl (C=O) groups is 1. The summed E-state index contributed by atoms with van der Waals surface area (Å²) in [5.74, 6) is 0.508. The Morgan fingerprint density at radius 3 is 2.18 bits per heavy atom. The molecule has 0 bridgehead atoms. The molecule has 0 atom stereocenters. The second-order valence-corrected chi connectivity index (χ2v) is 6.14. The van der Waals surface area contributed by atoms with E-state index in [-0.39, 0.29) is 11.6 Å². The molecule has 1 aromatic heterocycles. The number of aromatic nitrogens is 2. The topological polar surface area (TPSA) is 99.0 Å². The van der Waals surface area contributed by atoms with E-state index in [0.29, 0.717) is 32.1 Å². The van der Waals surface area contributed by atoms with Crippen molar-refractivity contribution in [3.63, 3.8) is 0 Å². The second kappa shape index (κ2) is 6.49. The van der Waals surface area contributed by atoms with Gasteiger partial charge in [-0.05, 0) is 20.8 Å². The highest BCUT2D eigenvalue weighted by molar-refractivity contribution is 6.58. The van der Waals surface area contributed by atoms with Gasteiger partial charge < -0.3 is 24.6 Å². The fourth-order valence-electron chi connectivity index (χ4n) is 2.04. The van der Waals surface area contributed by atoms with Gasteiger partial charge in [-0.2, -0.15) is 0 Å². The zero-order valence-electron chi connectivity index (χ0n) is 13.1. The molecule has 0 aromatic carbocycles. The Morgan fingerprint density at radius 1 is 1.18 bits per heavy atom. The molecular weight excluding hydrogens is 287 g/mol. The number of hydrogen-bond donors (Lipinski definition) is 2. The predicted octanol–water partition coefficient (Wildman–Crippen LogP) is -0.786. The van der Waals surface area contributed by atoms with Gasteiger partial charge in [0.2, 0.25) is 5.95 Å². The first-order valence-electron chi connectivity index (χ1n) is 7.17. The molecule has 0 saturated carbocycles. The maximum Gasteiger partial charge on any atom is 0.491 e. The fraction of sp³-hybridized carbons (Fsp3) is 0.615. The molecule has 8 nitrogen and oxygen atoms in total. The van der Waals surface area contributed by atoms with Crippen LogP contribution in [0.5, 0.6) is 0 Å². The largest absolute Gasteiger partial charge is 0.491 e. The van der Waals surface area contributed by atoms with E-state index in [0.717, 1.165) is 0 Å². The van der Waals surface area contributed by atoms with Gasteiger partial charge in [-0.1, -0.05) is 0 Å². The van der Waals surface area contributed by atoms with Gasteiger partial charge in [0.15, 0.2) is 0 Å². The van der Waals surface area contributed by atoms with E-state index < -0.39 is 12.7 Å². The first-order chi connectivity index (χ1) is 10.3. The Balaban J connectivity index is 1.90. The van der Waals surface area contributed by atoms with Crippen LogP contribution in [0.2, 0.25) is 0 Å². The molecule has 1 aliphatic rings. The van der Waals surface area contributed by atoms with Crippen molar-refractivity contribution >= 4 is 24.6 Å². The Kier molecular flexibility index (Phi) is 4.87. The molecule has 1 aliphatic heterocycles. The summed E-state index contributed by atoms with van der Waals surface area (Å²) < 4.78 is 5.34. The van der Waals surface area contributed by atoms with Crippen molar-refractivity contribution in [2.24, 2.45) is 0 Å². The lowest BCUT2D eigenvalue weighted by Gasteiger charge is -2.35. The van der Waals surface area contributed by atoms with E-state index in [4.69, 9.17) is 14.8 Å². The van der Waals surface area contributed by atoms with E-state index in [1.807, 2.05) is 25.7 Å². The first-order valence-corrected chi connectivity index (χ1v) is 7.17. The maximum absolute atomic E-state index is 12.0. The number of hydrogen-bond acceptors (Lipinski definition) is 7. The van der Waals surface area contributed by atoms with Crippen molar-refractivity contribution in [3.05, 3.63) is 12.4 Å². The van der Waals surface area contributed by atoms with Crippen molar-refractivity contribution < 1.29 is 19.6 Å². The molecule has 2 rings (SSSR count). The molecule has 0 spiro atoms. The third-order valence-electron chi connectivity index (χ3n) is 3.17. The summed E-state index contributed by atoms with van der Waals surface area (Å²) in [5.41, 5.74) is -0.255. The van der Waals surface area contributed by atoms with Crippen LogP contribution >= 0.6 is 0 Å². The zero-order valence-corrected chi connectivity index (χ0v) is 13.1. The van der Waals surface area contributed by atoms with E-state index in [9.17, 15) is 4.79 Å².